The molecule has 98 valence electrons. The summed E-state index contributed by atoms with van der Waals surface area (Å²) < 4.78 is 0. The van der Waals surface area contributed by atoms with E-state index in [2.05, 4.69) is 17.1 Å². The first-order chi connectivity index (χ1) is 8.29. The van der Waals surface area contributed by atoms with E-state index >= 15 is 0 Å². The van der Waals surface area contributed by atoms with Crippen molar-refractivity contribution in [3.05, 3.63) is 0 Å². The number of hydrogen-bond acceptors (Lipinski definition) is 3. The van der Waals surface area contributed by atoms with Gasteiger partial charge >= 0.3 is 0 Å². The first-order valence-corrected chi connectivity index (χ1v) is 7.94. The molecule has 1 amide bonds. The minimum atomic E-state index is 0.365. The van der Waals surface area contributed by atoms with Crippen molar-refractivity contribution in [3.8, 4) is 0 Å². The molecule has 1 N–H and O–H groups in total. The molecular weight excluding hydrogens is 232 g/mol. The van der Waals surface area contributed by atoms with Gasteiger partial charge in [-0.15, -0.1) is 11.8 Å². The summed E-state index contributed by atoms with van der Waals surface area (Å²) in [4.78, 5) is 14.1. The van der Waals surface area contributed by atoms with Gasteiger partial charge in [0.25, 0.3) is 0 Å². The van der Waals surface area contributed by atoms with Crippen LogP contribution in [0.1, 0.15) is 32.6 Å². The molecule has 0 bridgehead atoms. The summed E-state index contributed by atoms with van der Waals surface area (Å²) in [5.74, 6) is 1.81. The average molecular weight is 256 g/mol. The van der Waals surface area contributed by atoms with Gasteiger partial charge in [-0.05, 0) is 38.3 Å². The minimum absolute atomic E-state index is 0.365. The Morgan fingerprint density at radius 3 is 2.76 bits per heavy atom. The quantitative estimate of drug-likeness (QED) is 0.831. The molecular formula is C13H24N2OS. The van der Waals surface area contributed by atoms with Crippen LogP contribution in [-0.2, 0) is 4.79 Å². The highest BCUT2D eigenvalue weighted by molar-refractivity contribution is 8.00. The molecule has 0 aromatic carbocycles. The van der Waals surface area contributed by atoms with Crippen molar-refractivity contribution in [1.82, 2.24) is 10.2 Å². The second-order valence-electron chi connectivity index (χ2n) is 5.16. The summed E-state index contributed by atoms with van der Waals surface area (Å²) in [6, 6.07) is 0. The first-order valence-electron chi connectivity index (χ1n) is 6.89. The van der Waals surface area contributed by atoms with E-state index in [0.717, 1.165) is 32.1 Å². The van der Waals surface area contributed by atoms with Crippen LogP contribution in [0.25, 0.3) is 0 Å². The fourth-order valence-electron chi connectivity index (χ4n) is 2.63. The molecule has 0 aromatic rings. The number of amides is 1. The van der Waals surface area contributed by atoms with Crippen molar-refractivity contribution in [3.63, 3.8) is 0 Å². The van der Waals surface area contributed by atoms with Crippen LogP contribution < -0.4 is 5.32 Å². The zero-order valence-corrected chi connectivity index (χ0v) is 11.6. The number of carbonyl (C=O) groups is 1. The van der Waals surface area contributed by atoms with Gasteiger partial charge in [0.2, 0.25) is 5.91 Å². The molecule has 3 nitrogen and oxygen atoms in total. The Labute approximate surface area is 109 Å². The highest BCUT2D eigenvalue weighted by Crippen LogP contribution is 2.23. The number of carbonyl (C=O) groups excluding carboxylic acids is 1. The van der Waals surface area contributed by atoms with Crippen LogP contribution in [-0.4, -0.2) is 48.0 Å². The second-order valence-corrected chi connectivity index (χ2v) is 6.45. The maximum absolute atomic E-state index is 12.0. The lowest BCUT2D eigenvalue weighted by atomic mass is 10.1. The lowest BCUT2D eigenvalue weighted by molar-refractivity contribution is -0.127. The van der Waals surface area contributed by atoms with Gasteiger partial charge in [0.05, 0.1) is 5.75 Å². The standard InChI is InChI=1S/C13H24N2OS/c1-2-11-5-8-15(9-11)13(16)10-17-12-3-6-14-7-4-12/h11-12,14H,2-10H2,1H3. The predicted octanol–water partition coefficient (Wildman–Crippen LogP) is 1.73. The third-order valence-corrected chi connectivity index (χ3v) is 5.30. The molecule has 0 aliphatic carbocycles. The Kier molecular flexibility index (Phi) is 5.16. The largest absolute Gasteiger partial charge is 0.342 e. The first kappa shape index (κ1) is 13.2. The van der Waals surface area contributed by atoms with E-state index in [-0.39, 0.29) is 0 Å². The zero-order chi connectivity index (χ0) is 12.1. The molecule has 17 heavy (non-hydrogen) atoms. The highest BCUT2D eigenvalue weighted by Gasteiger charge is 2.25. The van der Waals surface area contributed by atoms with Crippen molar-refractivity contribution in [1.29, 1.82) is 0 Å². The number of rotatable bonds is 4. The topological polar surface area (TPSA) is 32.3 Å². The Morgan fingerprint density at radius 1 is 1.35 bits per heavy atom. The molecule has 2 saturated heterocycles. The van der Waals surface area contributed by atoms with Crippen LogP contribution in [0.2, 0.25) is 0 Å². The van der Waals surface area contributed by atoms with Crippen molar-refractivity contribution in [2.75, 3.05) is 31.9 Å². The van der Waals surface area contributed by atoms with Gasteiger partial charge in [-0.2, -0.15) is 0 Å². The van der Waals surface area contributed by atoms with Crippen molar-refractivity contribution in [2.45, 2.75) is 37.9 Å². The van der Waals surface area contributed by atoms with Gasteiger partial charge in [0.1, 0.15) is 0 Å². The Hall–Kier alpha value is -0.220. The molecule has 1 atom stereocenters. The minimum Gasteiger partial charge on any atom is -0.342 e. The molecule has 0 aromatic heterocycles. The number of thioether (sulfide) groups is 1. The van der Waals surface area contributed by atoms with E-state index in [1.807, 2.05) is 11.8 Å². The summed E-state index contributed by atoms with van der Waals surface area (Å²) in [5, 5.41) is 4.06. The summed E-state index contributed by atoms with van der Waals surface area (Å²) in [6.45, 7) is 6.45. The van der Waals surface area contributed by atoms with E-state index in [1.165, 1.54) is 25.7 Å². The van der Waals surface area contributed by atoms with Gasteiger partial charge in [0.15, 0.2) is 0 Å². The lowest BCUT2D eigenvalue weighted by Crippen LogP contribution is -2.33. The molecule has 2 aliphatic rings. The maximum Gasteiger partial charge on any atom is 0.232 e. The molecule has 4 heteroatoms. The average Bonchev–Trinajstić information content (AvgIpc) is 2.86. The van der Waals surface area contributed by atoms with Crippen LogP contribution in [0.5, 0.6) is 0 Å². The molecule has 0 radical (unpaired) electrons. The molecule has 0 spiro atoms. The van der Waals surface area contributed by atoms with Gasteiger partial charge in [0, 0.05) is 18.3 Å². The molecule has 2 aliphatic heterocycles. The number of nitrogens with one attached hydrogen (secondary N) is 1. The number of piperidine rings is 1. The predicted molar refractivity (Wildman–Crippen MR) is 73.3 cm³/mol. The van der Waals surface area contributed by atoms with Crippen LogP contribution in [0.4, 0.5) is 0 Å². The fraction of sp³-hybridized carbons (Fsp3) is 0.923. The summed E-state index contributed by atoms with van der Waals surface area (Å²) in [6.07, 6.45) is 4.86. The van der Waals surface area contributed by atoms with E-state index < -0.39 is 0 Å². The van der Waals surface area contributed by atoms with Crippen molar-refractivity contribution in [2.24, 2.45) is 5.92 Å². The number of hydrogen-bond donors (Lipinski definition) is 1. The Balaban J connectivity index is 1.66. The number of nitrogens with zero attached hydrogens (tertiary/aromatic N) is 1. The molecule has 2 rings (SSSR count). The van der Waals surface area contributed by atoms with Gasteiger partial charge in [-0.1, -0.05) is 13.3 Å². The smallest absolute Gasteiger partial charge is 0.232 e. The fourth-order valence-corrected chi connectivity index (χ4v) is 3.76. The van der Waals surface area contributed by atoms with Crippen LogP contribution in [0, 0.1) is 5.92 Å². The Bertz CT molecular complexity index is 254. The van der Waals surface area contributed by atoms with Crippen molar-refractivity contribution >= 4 is 17.7 Å². The highest BCUT2D eigenvalue weighted by atomic mass is 32.2. The SMILES string of the molecule is CCC1CCN(C(=O)CSC2CCNCC2)C1. The summed E-state index contributed by atoms with van der Waals surface area (Å²) in [7, 11) is 0. The molecule has 2 heterocycles. The lowest BCUT2D eigenvalue weighted by Gasteiger charge is -2.23. The van der Waals surface area contributed by atoms with Gasteiger partial charge in [-0.25, -0.2) is 0 Å². The third-order valence-electron chi connectivity index (χ3n) is 3.94. The maximum atomic E-state index is 12.0. The third kappa shape index (κ3) is 3.88. The summed E-state index contributed by atoms with van der Waals surface area (Å²) >= 11 is 1.87. The van der Waals surface area contributed by atoms with Crippen molar-refractivity contribution < 1.29 is 4.79 Å². The van der Waals surface area contributed by atoms with E-state index in [1.54, 1.807) is 0 Å². The molecule has 2 fully saturated rings. The van der Waals surface area contributed by atoms with Crippen LogP contribution in [0.15, 0.2) is 0 Å². The zero-order valence-electron chi connectivity index (χ0n) is 10.8. The number of likely N-dealkylation sites (tertiary alicyclic amines) is 1. The normalized spacial score (nSPS) is 26.4. The van der Waals surface area contributed by atoms with Gasteiger partial charge in [-0.3, -0.25) is 4.79 Å². The summed E-state index contributed by atoms with van der Waals surface area (Å²) in [5.41, 5.74) is 0. The second kappa shape index (κ2) is 6.64. The van der Waals surface area contributed by atoms with E-state index in [0.29, 0.717) is 16.9 Å². The monoisotopic (exact) mass is 256 g/mol. The molecule has 1 unspecified atom stereocenters. The van der Waals surface area contributed by atoms with E-state index in [9.17, 15) is 4.79 Å². The van der Waals surface area contributed by atoms with Gasteiger partial charge < -0.3 is 10.2 Å². The van der Waals surface area contributed by atoms with E-state index in [4.69, 9.17) is 0 Å². The Morgan fingerprint density at radius 2 is 2.12 bits per heavy atom. The van der Waals surface area contributed by atoms with Crippen LogP contribution >= 0.6 is 11.8 Å². The van der Waals surface area contributed by atoms with Crippen LogP contribution in [0.3, 0.4) is 0 Å². The molecule has 0 saturated carbocycles.